The van der Waals surface area contributed by atoms with Gasteiger partial charge in [-0.3, -0.25) is 0 Å². The predicted octanol–water partition coefficient (Wildman–Crippen LogP) is 5.65. The SMILES string of the molecule is Cc1sc2c(c1C)N=NSc1c-2sc(C)c1F. The second-order valence-corrected chi connectivity index (χ2v) is 7.07. The number of aryl methyl sites for hydroxylation is 2. The van der Waals surface area contributed by atoms with E-state index in [1.807, 2.05) is 6.92 Å². The Bertz CT molecular complexity index is 640. The highest BCUT2D eigenvalue weighted by molar-refractivity contribution is 7.98. The van der Waals surface area contributed by atoms with E-state index in [0.717, 1.165) is 33.0 Å². The lowest BCUT2D eigenvalue weighted by Gasteiger charge is -1.94. The first-order chi connectivity index (χ1) is 8.09. The summed E-state index contributed by atoms with van der Waals surface area (Å²) in [6, 6.07) is 0. The Hall–Kier alpha value is -0.720. The Kier molecular flexibility index (Phi) is 2.61. The standard InChI is InChI=1S/C11H9FN2S3/c1-4-5(2)15-10-8(4)13-14-17-9-7(12)6(3)16-11(9)10/h1-3H3. The summed E-state index contributed by atoms with van der Waals surface area (Å²) in [5.41, 5.74) is 2.05. The van der Waals surface area contributed by atoms with E-state index in [0.29, 0.717) is 9.77 Å². The molecule has 0 fully saturated rings. The first kappa shape index (κ1) is 11.4. The first-order valence-electron chi connectivity index (χ1n) is 5.07. The summed E-state index contributed by atoms with van der Waals surface area (Å²) < 4.78 is 17.9. The normalized spacial score (nSPS) is 13.4. The topological polar surface area (TPSA) is 24.7 Å². The number of thiophene rings is 2. The third kappa shape index (κ3) is 1.58. The quantitative estimate of drug-likeness (QED) is 0.574. The van der Waals surface area contributed by atoms with Gasteiger partial charge >= 0.3 is 0 Å². The molecule has 1 aliphatic rings. The molecule has 0 bridgehead atoms. The molecular weight excluding hydrogens is 275 g/mol. The molecule has 1 aliphatic heterocycles. The number of hydrogen-bond donors (Lipinski definition) is 0. The Labute approximate surface area is 111 Å². The van der Waals surface area contributed by atoms with Crippen LogP contribution in [0.5, 0.6) is 0 Å². The van der Waals surface area contributed by atoms with E-state index >= 15 is 0 Å². The van der Waals surface area contributed by atoms with Crippen molar-refractivity contribution in [1.29, 1.82) is 0 Å². The molecule has 0 saturated heterocycles. The second-order valence-electron chi connectivity index (χ2n) is 3.86. The molecule has 0 amide bonds. The van der Waals surface area contributed by atoms with E-state index in [9.17, 15) is 4.39 Å². The number of rotatable bonds is 0. The van der Waals surface area contributed by atoms with Crippen LogP contribution in [0.4, 0.5) is 10.1 Å². The number of nitrogens with zero attached hydrogens (tertiary/aromatic N) is 2. The molecule has 2 aromatic heterocycles. The molecule has 2 nitrogen and oxygen atoms in total. The summed E-state index contributed by atoms with van der Waals surface area (Å²) in [5, 5.41) is 4.20. The van der Waals surface area contributed by atoms with Crippen LogP contribution in [-0.2, 0) is 0 Å². The van der Waals surface area contributed by atoms with Gasteiger partial charge in [0, 0.05) is 21.7 Å². The van der Waals surface area contributed by atoms with Crippen LogP contribution in [0, 0.1) is 26.6 Å². The lowest BCUT2D eigenvalue weighted by atomic mass is 10.2. The van der Waals surface area contributed by atoms with Gasteiger partial charge in [0.25, 0.3) is 0 Å². The van der Waals surface area contributed by atoms with Crippen LogP contribution in [0.25, 0.3) is 9.75 Å². The van der Waals surface area contributed by atoms with Crippen LogP contribution in [0.15, 0.2) is 14.5 Å². The Morgan fingerprint density at radius 1 is 1.00 bits per heavy atom. The smallest absolute Gasteiger partial charge is 0.152 e. The van der Waals surface area contributed by atoms with Gasteiger partial charge in [0.1, 0.15) is 5.69 Å². The van der Waals surface area contributed by atoms with Crippen molar-refractivity contribution in [1.82, 2.24) is 0 Å². The molecular formula is C11H9FN2S3. The van der Waals surface area contributed by atoms with Crippen molar-refractivity contribution in [2.45, 2.75) is 25.7 Å². The Morgan fingerprint density at radius 3 is 2.47 bits per heavy atom. The fourth-order valence-electron chi connectivity index (χ4n) is 1.73. The van der Waals surface area contributed by atoms with E-state index in [-0.39, 0.29) is 5.82 Å². The minimum Gasteiger partial charge on any atom is -0.204 e. The largest absolute Gasteiger partial charge is 0.204 e. The van der Waals surface area contributed by atoms with Crippen molar-refractivity contribution in [3.8, 4) is 9.75 Å². The Morgan fingerprint density at radius 2 is 1.71 bits per heavy atom. The zero-order valence-electron chi connectivity index (χ0n) is 9.50. The monoisotopic (exact) mass is 284 g/mol. The maximum absolute atomic E-state index is 13.9. The van der Waals surface area contributed by atoms with E-state index in [4.69, 9.17) is 0 Å². The number of halogens is 1. The number of fused-ring (bicyclic) bond motifs is 3. The van der Waals surface area contributed by atoms with Gasteiger partial charge in [-0.1, -0.05) is 0 Å². The van der Waals surface area contributed by atoms with Gasteiger partial charge in [-0.05, 0) is 26.3 Å². The third-order valence-electron chi connectivity index (χ3n) is 2.80. The van der Waals surface area contributed by atoms with E-state index < -0.39 is 0 Å². The molecule has 0 aliphatic carbocycles. The predicted molar refractivity (Wildman–Crippen MR) is 72.2 cm³/mol. The molecule has 2 aromatic rings. The summed E-state index contributed by atoms with van der Waals surface area (Å²) in [6.07, 6.45) is 0. The highest BCUT2D eigenvalue weighted by Gasteiger charge is 2.25. The van der Waals surface area contributed by atoms with Gasteiger partial charge in [-0.2, -0.15) is 0 Å². The maximum Gasteiger partial charge on any atom is 0.152 e. The molecule has 0 radical (unpaired) electrons. The maximum atomic E-state index is 13.9. The van der Waals surface area contributed by atoms with Gasteiger partial charge in [0.2, 0.25) is 0 Å². The van der Waals surface area contributed by atoms with Crippen LogP contribution in [0.2, 0.25) is 0 Å². The summed E-state index contributed by atoms with van der Waals surface area (Å²) in [6.45, 7) is 5.91. The van der Waals surface area contributed by atoms with Gasteiger partial charge in [0.15, 0.2) is 5.82 Å². The van der Waals surface area contributed by atoms with Crippen LogP contribution in [0.1, 0.15) is 15.3 Å². The fourth-order valence-corrected chi connectivity index (χ4v) is 4.88. The minimum absolute atomic E-state index is 0.148. The van der Waals surface area contributed by atoms with Crippen molar-refractivity contribution in [2.24, 2.45) is 9.63 Å². The summed E-state index contributed by atoms with van der Waals surface area (Å²) >= 11 is 4.29. The molecule has 0 aromatic carbocycles. The molecule has 0 spiro atoms. The van der Waals surface area contributed by atoms with Gasteiger partial charge in [-0.15, -0.1) is 32.3 Å². The van der Waals surface area contributed by atoms with Gasteiger partial charge in [-0.25, -0.2) is 4.39 Å². The summed E-state index contributed by atoms with van der Waals surface area (Å²) in [7, 11) is 0. The van der Waals surface area contributed by atoms with E-state index in [1.165, 1.54) is 16.2 Å². The zero-order valence-corrected chi connectivity index (χ0v) is 11.9. The van der Waals surface area contributed by atoms with Crippen molar-refractivity contribution < 1.29 is 4.39 Å². The molecule has 3 rings (SSSR count). The lowest BCUT2D eigenvalue weighted by molar-refractivity contribution is 0.602. The molecule has 0 saturated carbocycles. The molecule has 0 atom stereocenters. The molecule has 0 N–H and O–H groups in total. The van der Waals surface area contributed by atoms with E-state index in [1.54, 1.807) is 18.3 Å². The van der Waals surface area contributed by atoms with Crippen molar-refractivity contribution in [3.05, 3.63) is 21.1 Å². The zero-order chi connectivity index (χ0) is 12.2. The first-order valence-corrected chi connectivity index (χ1v) is 7.47. The highest BCUT2D eigenvalue weighted by atomic mass is 32.2. The molecule has 17 heavy (non-hydrogen) atoms. The number of hydrogen-bond acceptors (Lipinski definition) is 5. The lowest BCUT2D eigenvalue weighted by Crippen LogP contribution is -1.74. The van der Waals surface area contributed by atoms with Crippen molar-refractivity contribution >= 4 is 40.3 Å². The molecule has 6 heteroatoms. The van der Waals surface area contributed by atoms with Crippen molar-refractivity contribution in [3.63, 3.8) is 0 Å². The minimum atomic E-state index is -0.148. The second kappa shape index (κ2) is 3.90. The van der Waals surface area contributed by atoms with Gasteiger partial charge in [0.05, 0.1) is 14.6 Å². The Balaban J connectivity index is 2.36. The average Bonchev–Trinajstić information content (AvgIpc) is 2.66. The summed E-state index contributed by atoms with van der Waals surface area (Å²) in [4.78, 5) is 4.59. The van der Waals surface area contributed by atoms with Gasteiger partial charge < -0.3 is 0 Å². The van der Waals surface area contributed by atoms with Crippen LogP contribution in [0.3, 0.4) is 0 Å². The molecule has 3 heterocycles. The van der Waals surface area contributed by atoms with Crippen LogP contribution in [-0.4, -0.2) is 0 Å². The summed E-state index contributed by atoms with van der Waals surface area (Å²) in [5.74, 6) is -0.148. The van der Waals surface area contributed by atoms with Crippen LogP contribution >= 0.6 is 34.6 Å². The van der Waals surface area contributed by atoms with E-state index in [2.05, 4.69) is 16.6 Å². The molecule has 88 valence electrons. The average molecular weight is 284 g/mol. The molecule has 0 unspecified atom stereocenters. The van der Waals surface area contributed by atoms with Crippen LogP contribution < -0.4 is 0 Å². The van der Waals surface area contributed by atoms with Crippen molar-refractivity contribution in [2.75, 3.05) is 0 Å². The fraction of sp³-hybridized carbons (Fsp3) is 0.273. The highest BCUT2D eigenvalue weighted by Crippen LogP contribution is 2.52. The third-order valence-corrected chi connectivity index (χ3v) is 6.10.